The van der Waals surface area contributed by atoms with Crippen molar-refractivity contribution in [1.82, 2.24) is 4.98 Å². The predicted octanol–water partition coefficient (Wildman–Crippen LogP) is 3.58. The molecule has 3 heteroatoms. The second kappa shape index (κ2) is 3.55. The molecule has 4 rings (SSSR count). The number of para-hydroxylation sites is 1. The van der Waals surface area contributed by atoms with Crippen LogP contribution in [0.15, 0.2) is 34.8 Å². The van der Waals surface area contributed by atoms with Crippen molar-refractivity contribution in [2.24, 2.45) is 17.6 Å². The molecule has 2 unspecified atom stereocenters. The first kappa shape index (κ1) is 10.9. The van der Waals surface area contributed by atoms with Crippen LogP contribution in [0.2, 0.25) is 0 Å². The second-order valence-electron chi connectivity index (χ2n) is 5.59. The maximum absolute atomic E-state index is 6.62. The molecule has 2 aliphatic carbocycles. The first-order valence-electron chi connectivity index (χ1n) is 6.56. The highest BCUT2D eigenvalue weighted by Crippen LogP contribution is 2.65. The molecule has 2 N–H and O–H groups in total. The van der Waals surface area contributed by atoms with Crippen molar-refractivity contribution in [3.63, 3.8) is 0 Å². The van der Waals surface area contributed by atoms with E-state index in [2.05, 4.69) is 34.1 Å². The molecule has 2 aromatic rings. The Balaban J connectivity index is 1.88. The quantitative estimate of drug-likeness (QED) is 0.874. The van der Waals surface area contributed by atoms with E-state index in [1.807, 2.05) is 12.1 Å². The van der Waals surface area contributed by atoms with Gasteiger partial charge in [0.05, 0.1) is 16.7 Å². The van der Waals surface area contributed by atoms with E-state index >= 15 is 0 Å². The molecule has 0 spiro atoms. The van der Waals surface area contributed by atoms with Crippen molar-refractivity contribution in [1.29, 1.82) is 0 Å². The first-order chi connectivity index (χ1) is 8.71. The number of pyridine rings is 1. The summed E-state index contributed by atoms with van der Waals surface area (Å²) in [4.78, 5) is 4.82. The molecule has 0 saturated heterocycles. The number of benzene rings is 1. The molecule has 2 aliphatic rings. The summed E-state index contributed by atoms with van der Waals surface area (Å²) in [6.07, 6.45) is 3.86. The molecule has 2 fully saturated rings. The highest BCUT2D eigenvalue weighted by Gasteiger charge is 2.65. The standard InChI is InChI=1S/C15H15BrN2/c16-12-8-9-4-1-2-7-13(9)18-14(12)15(17)10-5-3-6-11(10)15/h1-2,4,7-8,10-11H,3,5-6,17H2. The highest BCUT2D eigenvalue weighted by molar-refractivity contribution is 9.10. The largest absolute Gasteiger partial charge is 0.320 e. The number of fused-ring (bicyclic) bond motifs is 2. The van der Waals surface area contributed by atoms with Crippen LogP contribution < -0.4 is 5.73 Å². The van der Waals surface area contributed by atoms with Gasteiger partial charge in [0.1, 0.15) is 0 Å². The number of nitrogens with zero attached hydrogens (tertiary/aromatic N) is 1. The Kier molecular flexibility index (Phi) is 2.16. The van der Waals surface area contributed by atoms with E-state index in [4.69, 9.17) is 10.7 Å². The number of nitrogens with two attached hydrogens (primary N) is 1. The number of hydrogen-bond acceptors (Lipinski definition) is 2. The third kappa shape index (κ3) is 1.29. The lowest BCUT2D eigenvalue weighted by Crippen LogP contribution is -2.27. The summed E-state index contributed by atoms with van der Waals surface area (Å²) in [5.74, 6) is 1.31. The van der Waals surface area contributed by atoms with Crippen LogP contribution in [0.3, 0.4) is 0 Å². The molecular formula is C15H15BrN2. The Morgan fingerprint density at radius 1 is 1.22 bits per heavy atom. The summed E-state index contributed by atoms with van der Waals surface area (Å²) in [6, 6.07) is 10.4. The molecule has 0 radical (unpaired) electrons. The van der Waals surface area contributed by atoms with Crippen LogP contribution in [0.1, 0.15) is 25.0 Å². The van der Waals surface area contributed by atoms with Crippen LogP contribution in [0.25, 0.3) is 10.9 Å². The Morgan fingerprint density at radius 2 is 1.94 bits per heavy atom. The van der Waals surface area contributed by atoms with Gasteiger partial charge in [0.2, 0.25) is 0 Å². The number of hydrogen-bond donors (Lipinski definition) is 1. The van der Waals surface area contributed by atoms with E-state index < -0.39 is 0 Å². The van der Waals surface area contributed by atoms with Crippen molar-refractivity contribution in [2.45, 2.75) is 24.8 Å². The Bertz CT molecular complexity index is 627. The van der Waals surface area contributed by atoms with Gasteiger partial charge in [-0.05, 0) is 52.7 Å². The average molecular weight is 303 g/mol. The maximum Gasteiger partial charge on any atom is 0.0757 e. The zero-order valence-corrected chi connectivity index (χ0v) is 11.7. The summed E-state index contributed by atoms with van der Waals surface area (Å²) < 4.78 is 1.07. The van der Waals surface area contributed by atoms with Gasteiger partial charge in [-0.3, -0.25) is 0 Å². The van der Waals surface area contributed by atoms with Crippen LogP contribution >= 0.6 is 15.9 Å². The van der Waals surface area contributed by atoms with Crippen molar-refractivity contribution in [2.75, 3.05) is 0 Å². The van der Waals surface area contributed by atoms with E-state index in [9.17, 15) is 0 Å². The smallest absolute Gasteiger partial charge is 0.0757 e. The van der Waals surface area contributed by atoms with E-state index in [1.165, 1.54) is 24.6 Å². The van der Waals surface area contributed by atoms with Gasteiger partial charge >= 0.3 is 0 Å². The highest BCUT2D eigenvalue weighted by atomic mass is 79.9. The van der Waals surface area contributed by atoms with Gasteiger partial charge in [-0.2, -0.15) is 0 Å². The molecule has 1 aromatic heterocycles. The van der Waals surface area contributed by atoms with Crippen LogP contribution in [-0.4, -0.2) is 4.98 Å². The van der Waals surface area contributed by atoms with Crippen LogP contribution in [0.4, 0.5) is 0 Å². The number of aromatic nitrogens is 1. The van der Waals surface area contributed by atoms with Gasteiger partial charge < -0.3 is 5.73 Å². The van der Waals surface area contributed by atoms with Gasteiger partial charge in [0.15, 0.2) is 0 Å². The molecular weight excluding hydrogens is 288 g/mol. The molecule has 0 amide bonds. The summed E-state index contributed by atoms with van der Waals surface area (Å²) in [5.41, 5.74) is 8.56. The number of rotatable bonds is 1. The monoisotopic (exact) mass is 302 g/mol. The van der Waals surface area contributed by atoms with Crippen LogP contribution in [-0.2, 0) is 5.54 Å². The Hall–Kier alpha value is -0.930. The minimum Gasteiger partial charge on any atom is -0.320 e. The van der Waals surface area contributed by atoms with Gasteiger partial charge in [0, 0.05) is 9.86 Å². The van der Waals surface area contributed by atoms with Crippen molar-refractivity contribution in [3.8, 4) is 0 Å². The molecule has 2 nitrogen and oxygen atoms in total. The normalized spacial score (nSPS) is 33.7. The molecule has 1 heterocycles. The minimum absolute atomic E-state index is 0.166. The summed E-state index contributed by atoms with van der Waals surface area (Å²) in [5, 5.41) is 1.17. The molecule has 1 aromatic carbocycles. The summed E-state index contributed by atoms with van der Waals surface area (Å²) in [7, 11) is 0. The van der Waals surface area contributed by atoms with Crippen molar-refractivity contribution in [3.05, 3.63) is 40.5 Å². The number of halogens is 1. The Morgan fingerprint density at radius 3 is 2.72 bits per heavy atom. The molecule has 0 bridgehead atoms. The second-order valence-corrected chi connectivity index (χ2v) is 6.44. The van der Waals surface area contributed by atoms with Gasteiger partial charge in [-0.15, -0.1) is 0 Å². The lowest BCUT2D eigenvalue weighted by atomic mass is 10.0. The molecule has 2 saturated carbocycles. The van der Waals surface area contributed by atoms with Gasteiger partial charge in [-0.1, -0.05) is 24.6 Å². The Labute approximate surface area is 115 Å². The lowest BCUT2D eigenvalue weighted by Gasteiger charge is -2.17. The summed E-state index contributed by atoms with van der Waals surface area (Å²) in [6.45, 7) is 0. The van der Waals surface area contributed by atoms with Gasteiger partial charge in [-0.25, -0.2) is 4.98 Å². The van der Waals surface area contributed by atoms with E-state index in [-0.39, 0.29) is 5.54 Å². The van der Waals surface area contributed by atoms with Crippen LogP contribution in [0, 0.1) is 11.8 Å². The van der Waals surface area contributed by atoms with E-state index in [0.717, 1.165) is 15.7 Å². The molecule has 18 heavy (non-hydrogen) atoms. The SMILES string of the molecule is NC1(c2nc3ccccc3cc2Br)C2CCCC21. The fraction of sp³-hybridized carbons (Fsp3) is 0.400. The fourth-order valence-corrected chi connectivity index (χ4v) is 4.42. The average Bonchev–Trinajstić information content (AvgIpc) is 2.79. The zero-order valence-electron chi connectivity index (χ0n) is 10.1. The maximum atomic E-state index is 6.62. The van der Waals surface area contributed by atoms with E-state index in [0.29, 0.717) is 11.8 Å². The third-order valence-corrected chi connectivity index (χ3v) is 5.33. The first-order valence-corrected chi connectivity index (χ1v) is 7.35. The molecule has 0 aliphatic heterocycles. The fourth-order valence-electron chi connectivity index (χ4n) is 3.75. The van der Waals surface area contributed by atoms with Crippen molar-refractivity contribution >= 4 is 26.8 Å². The minimum atomic E-state index is -0.166. The predicted molar refractivity (Wildman–Crippen MR) is 76.1 cm³/mol. The van der Waals surface area contributed by atoms with E-state index in [1.54, 1.807) is 0 Å². The zero-order chi connectivity index (χ0) is 12.3. The topological polar surface area (TPSA) is 38.9 Å². The molecule has 2 atom stereocenters. The third-order valence-electron chi connectivity index (χ3n) is 4.72. The molecule has 92 valence electrons. The van der Waals surface area contributed by atoms with Gasteiger partial charge in [0.25, 0.3) is 0 Å². The summed E-state index contributed by atoms with van der Waals surface area (Å²) >= 11 is 3.66. The lowest BCUT2D eigenvalue weighted by molar-refractivity contribution is 0.513. The van der Waals surface area contributed by atoms with Crippen LogP contribution in [0.5, 0.6) is 0 Å². The van der Waals surface area contributed by atoms with Crippen molar-refractivity contribution < 1.29 is 0 Å².